The highest BCUT2D eigenvalue weighted by molar-refractivity contribution is 5.71. The molecule has 0 unspecified atom stereocenters. The Morgan fingerprint density at radius 2 is 1.68 bits per heavy atom. The van der Waals surface area contributed by atoms with Crippen LogP contribution in [0.2, 0.25) is 0 Å². The molecule has 19 heavy (non-hydrogen) atoms. The number of rotatable bonds is 2. The number of aromatic hydroxyl groups is 1. The lowest BCUT2D eigenvalue weighted by Crippen LogP contribution is -2.17. The van der Waals surface area contributed by atoms with E-state index in [1.54, 1.807) is 0 Å². The van der Waals surface area contributed by atoms with E-state index in [2.05, 4.69) is 4.74 Å². The summed E-state index contributed by atoms with van der Waals surface area (Å²) in [4.78, 5) is 0. The highest BCUT2D eigenvalue weighted by Gasteiger charge is 2.32. The average molecular weight is 272 g/mol. The maximum Gasteiger partial charge on any atom is 0.573 e. The Kier molecular flexibility index (Phi) is 3.33. The number of hydrogen-bond donors (Lipinski definition) is 1. The Morgan fingerprint density at radius 1 is 1.00 bits per heavy atom. The third kappa shape index (κ3) is 3.37. The van der Waals surface area contributed by atoms with Crippen molar-refractivity contribution in [3.8, 4) is 22.6 Å². The predicted molar refractivity (Wildman–Crippen MR) is 60.2 cm³/mol. The van der Waals surface area contributed by atoms with E-state index >= 15 is 0 Å². The summed E-state index contributed by atoms with van der Waals surface area (Å²) in [6, 6.07) is 8.33. The van der Waals surface area contributed by atoms with Gasteiger partial charge in [0.1, 0.15) is 17.3 Å². The second kappa shape index (κ2) is 4.79. The van der Waals surface area contributed by atoms with Crippen LogP contribution in [0.25, 0.3) is 11.1 Å². The molecule has 0 heterocycles. The van der Waals surface area contributed by atoms with Gasteiger partial charge in [0.25, 0.3) is 0 Å². The molecule has 1 N–H and O–H groups in total. The number of hydrogen-bond acceptors (Lipinski definition) is 2. The van der Waals surface area contributed by atoms with Crippen LogP contribution in [0.3, 0.4) is 0 Å². The van der Waals surface area contributed by atoms with Gasteiger partial charge in [-0.15, -0.1) is 13.2 Å². The van der Waals surface area contributed by atoms with Crippen LogP contribution in [0, 0.1) is 5.82 Å². The molecular formula is C13H8F4O2. The molecule has 0 bridgehead atoms. The summed E-state index contributed by atoms with van der Waals surface area (Å²) in [6.07, 6.45) is -4.84. The molecule has 0 atom stereocenters. The fourth-order valence-corrected chi connectivity index (χ4v) is 1.65. The Balaban J connectivity index is 2.50. The molecule has 0 aliphatic carbocycles. The third-order valence-electron chi connectivity index (χ3n) is 2.31. The second-order valence-electron chi connectivity index (χ2n) is 3.74. The van der Waals surface area contributed by atoms with Crippen LogP contribution in [-0.2, 0) is 0 Å². The van der Waals surface area contributed by atoms with Crippen LogP contribution in [-0.4, -0.2) is 11.5 Å². The first-order valence-corrected chi connectivity index (χ1v) is 5.20. The molecule has 0 aliphatic rings. The summed E-state index contributed by atoms with van der Waals surface area (Å²) in [5.74, 6) is -1.59. The van der Waals surface area contributed by atoms with E-state index in [9.17, 15) is 22.7 Å². The minimum atomic E-state index is -4.84. The monoisotopic (exact) mass is 272 g/mol. The number of ether oxygens (including phenoxy) is 1. The van der Waals surface area contributed by atoms with E-state index in [0.717, 1.165) is 24.3 Å². The average Bonchev–Trinajstić information content (AvgIpc) is 2.26. The van der Waals surface area contributed by atoms with Gasteiger partial charge in [0.05, 0.1) is 0 Å². The van der Waals surface area contributed by atoms with Gasteiger partial charge in [0.2, 0.25) is 0 Å². The zero-order valence-electron chi connectivity index (χ0n) is 9.41. The first kappa shape index (κ1) is 13.2. The molecule has 2 aromatic carbocycles. The van der Waals surface area contributed by atoms with Gasteiger partial charge in [-0.05, 0) is 23.8 Å². The lowest BCUT2D eigenvalue weighted by atomic mass is 10.0. The zero-order chi connectivity index (χ0) is 14.0. The van der Waals surface area contributed by atoms with Crippen molar-refractivity contribution in [2.45, 2.75) is 6.36 Å². The molecule has 0 amide bonds. The van der Waals surface area contributed by atoms with Gasteiger partial charge in [-0.1, -0.05) is 18.2 Å². The van der Waals surface area contributed by atoms with Crippen molar-refractivity contribution in [3.05, 3.63) is 48.3 Å². The minimum Gasteiger partial charge on any atom is -0.508 e. The number of phenolic OH excluding ortho intramolecular Hbond substituents is 1. The molecule has 100 valence electrons. The summed E-state index contributed by atoms with van der Waals surface area (Å²) in [6.45, 7) is 0. The van der Waals surface area contributed by atoms with Gasteiger partial charge >= 0.3 is 6.36 Å². The topological polar surface area (TPSA) is 29.5 Å². The minimum absolute atomic E-state index is 0.0367. The van der Waals surface area contributed by atoms with Crippen LogP contribution < -0.4 is 4.74 Å². The van der Waals surface area contributed by atoms with Gasteiger partial charge in [-0.2, -0.15) is 0 Å². The van der Waals surface area contributed by atoms with Crippen LogP contribution in [0.5, 0.6) is 11.5 Å². The highest BCUT2D eigenvalue weighted by atomic mass is 19.4. The molecule has 6 heteroatoms. The molecule has 0 spiro atoms. The number of alkyl halides is 3. The summed E-state index contributed by atoms with van der Waals surface area (Å²) >= 11 is 0. The Bertz CT molecular complexity index is 573. The van der Waals surface area contributed by atoms with Crippen LogP contribution in [0.4, 0.5) is 17.6 Å². The largest absolute Gasteiger partial charge is 0.573 e. The van der Waals surface area contributed by atoms with E-state index in [1.807, 2.05) is 0 Å². The quantitative estimate of drug-likeness (QED) is 0.834. The smallest absolute Gasteiger partial charge is 0.508 e. The normalized spacial score (nSPS) is 11.4. The molecular weight excluding hydrogens is 264 g/mol. The summed E-state index contributed by atoms with van der Waals surface area (Å²) in [5.41, 5.74) is 0.131. The maximum absolute atomic E-state index is 13.2. The van der Waals surface area contributed by atoms with E-state index < -0.39 is 17.9 Å². The second-order valence-corrected chi connectivity index (χ2v) is 3.74. The number of phenols is 1. The molecule has 2 aromatic rings. The van der Waals surface area contributed by atoms with Crippen molar-refractivity contribution in [1.82, 2.24) is 0 Å². The van der Waals surface area contributed by atoms with Crippen LogP contribution >= 0.6 is 0 Å². The molecule has 2 nitrogen and oxygen atoms in total. The van der Waals surface area contributed by atoms with Crippen LogP contribution in [0.15, 0.2) is 42.5 Å². The van der Waals surface area contributed by atoms with Gasteiger partial charge < -0.3 is 9.84 Å². The Hall–Kier alpha value is -2.24. The molecule has 0 aliphatic heterocycles. The third-order valence-corrected chi connectivity index (χ3v) is 2.31. The highest BCUT2D eigenvalue weighted by Crippen LogP contribution is 2.35. The van der Waals surface area contributed by atoms with Crippen molar-refractivity contribution in [2.75, 3.05) is 0 Å². The van der Waals surface area contributed by atoms with Gasteiger partial charge in [-0.3, -0.25) is 0 Å². The number of benzene rings is 2. The van der Waals surface area contributed by atoms with E-state index in [-0.39, 0.29) is 16.9 Å². The molecule has 2 rings (SSSR count). The molecule has 0 fully saturated rings. The zero-order valence-corrected chi connectivity index (χ0v) is 9.41. The lowest BCUT2D eigenvalue weighted by molar-refractivity contribution is -0.274. The fraction of sp³-hybridized carbons (Fsp3) is 0.0769. The van der Waals surface area contributed by atoms with Gasteiger partial charge in [-0.25, -0.2) is 4.39 Å². The van der Waals surface area contributed by atoms with Crippen molar-refractivity contribution < 1.29 is 27.4 Å². The van der Waals surface area contributed by atoms with Gasteiger partial charge in [0.15, 0.2) is 0 Å². The SMILES string of the molecule is Oc1cc(F)cc(-c2ccccc2OC(F)(F)F)c1. The van der Waals surface area contributed by atoms with E-state index in [4.69, 9.17) is 0 Å². The first-order valence-electron chi connectivity index (χ1n) is 5.20. The standard InChI is InChI=1S/C13H8F4O2/c14-9-5-8(6-10(18)7-9)11-3-1-2-4-12(11)19-13(15,16)17/h1-7,18H. The Morgan fingerprint density at radius 3 is 2.32 bits per heavy atom. The summed E-state index contributed by atoms with van der Waals surface area (Å²) in [5, 5.41) is 9.28. The first-order chi connectivity index (χ1) is 8.85. The van der Waals surface area contributed by atoms with Crippen molar-refractivity contribution in [1.29, 1.82) is 0 Å². The van der Waals surface area contributed by atoms with E-state index in [0.29, 0.717) is 0 Å². The van der Waals surface area contributed by atoms with Gasteiger partial charge in [0, 0.05) is 11.6 Å². The Labute approximate surface area is 105 Å². The van der Waals surface area contributed by atoms with E-state index in [1.165, 1.54) is 18.2 Å². The van der Waals surface area contributed by atoms with Crippen molar-refractivity contribution in [2.24, 2.45) is 0 Å². The maximum atomic E-state index is 13.2. The lowest BCUT2D eigenvalue weighted by Gasteiger charge is -2.13. The molecule has 0 saturated carbocycles. The summed E-state index contributed by atoms with van der Waals surface area (Å²) in [7, 11) is 0. The van der Waals surface area contributed by atoms with Crippen molar-refractivity contribution in [3.63, 3.8) is 0 Å². The molecule has 0 saturated heterocycles. The molecule has 0 radical (unpaired) electrons. The molecule has 0 aromatic heterocycles. The summed E-state index contributed by atoms with van der Waals surface area (Å²) < 4.78 is 53.8. The van der Waals surface area contributed by atoms with Crippen molar-refractivity contribution >= 4 is 0 Å². The predicted octanol–water partition coefficient (Wildman–Crippen LogP) is 4.10. The number of para-hydroxylation sites is 1. The van der Waals surface area contributed by atoms with Crippen LogP contribution in [0.1, 0.15) is 0 Å². The number of halogens is 4. The fourth-order valence-electron chi connectivity index (χ4n) is 1.65.